The molecule has 0 aliphatic heterocycles. The first-order valence-corrected chi connectivity index (χ1v) is 11.7. The van der Waals surface area contributed by atoms with E-state index < -0.39 is 16.1 Å². The number of hydrogen-bond acceptors (Lipinski definition) is 7. The lowest BCUT2D eigenvalue weighted by atomic mass is 10.2. The minimum absolute atomic E-state index is 0.102. The van der Waals surface area contributed by atoms with Crippen LogP contribution in [0, 0.1) is 0 Å². The Balaban J connectivity index is 1.80. The van der Waals surface area contributed by atoms with Crippen molar-refractivity contribution in [1.82, 2.24) is 15.0 Å². The summed E-state index contributed by atoms with van der Waals surface area (Å²) in [5, 5.41) is 5.87. The van der Waals surface area contributed by atoms with Gasteiger partial charge >= 0.3 is 0 Å². The molecule has 10 heteroatoms. The zero-order valence-electron chi connectivity index (χ0n) is 16.3. The standard InChI is InChI=1S/C19H22N4O4S2/c1-4-22(13-17-20-18(21-27-17)16-11-8-12-28-16)19(24)14(2)23(29(3,25)26)15-9-6-5-7-10-15/h5-12,14H,4,13H2,1-3H3. The topological polar surface area (TPSA) is 96.6 Å². The van der Waals surface area contributed by atoms with E-state index in [2.05, 4.69) is 10.1 Å². The van der Waals surface area contributed by atoms with Crippen LogP contribution in [0.3, 0.4) is 0 Å². The molecule has 0 radical (unpaired) electrons. The average molecular weight is 435 g/mol. The highest BCUT2D eigenvalue weighted by molar-refractivity contribution is 7.92. The average Bonchev–Trinajstić information content (AvgIpc) is 3.37. The van der Waals surface area contributed by atoms with Crippen LogP contribution in [0.15, 0.2) is 52.4 Å². The van der Waals surface area contributed by atoms with Crippen LogP contribution in [0.4, 0.5) is 5.69 Å². The maximum absolute atomic E-state index is 13.1. The van der Waals surface area contributed by atoms with Crippen molar-refractivity contribution in [2.24, 2.45) is 0 Å². The fourth-order valence-corrected chi connectivity index (χ4v) is 4.79. The summed E-state index contributed by atoms with van der Waals surface area (Å²) in [6.07, 6.45) is 1.09. The summed E-state index contributed by atoms with van der Waals surface area (Å²) in [7, 11) is -3.67. The molecule has 1 amide bonds. The highest BCUT2D eigenvalue weighted by Gasteiger charge is 2.32. The number of para-hydroxylation sites is 1. The molecule has 0 fully saturated rings. The molecule has 2 aromatic heterocycles. The zero-order valence-corrected chi connectivity index (χ0v) is 18.0. The van der Waals surface area contributed by atoms with Crippen LogP contribution in [-0.2, 0) is 21.4 Å². The Kier molecular flexibility index (Phi) is 6.33. The highest BCUT2D eigenvalue weighted by atomic mass is 32.2. The summed E-state index contributed by atoms with van der Waals surface area (Å²) in [6, 6.07) is 11.4. The van der Waals surface area contributed by atoms with Crippen molar-refractivity contribution < 1.29 is 17.7 Å². The highest BCUT2D eigenvalue weighted by Crippen LogP contribution is 2.23. The van der Waals surface area contributed by atoms with Gasteiger partial charge in [0.05, 0.1) is 16.8 Å². The minimum Gasteiger partial charge on any atom is -0.337 e. The number of carbonyl (C=O) groups is 1. The molecule has 1 atom stereocenters. The quantitative estimate of drug-likeness (QED) is 0.541. The molecule has 3 rings (SSSR count). The maximum atomic E-state index is 13.1. The third-order valence-electron chi connectivity index (χ3n) is 4.31. The van der Waals surface area contributed by atoms with Gasteiger partial charge in [-0.15, -0.1) is 11.3 Å². The minimum atomic E-state index is -3.67. The molecule has 0 saturated carbocycles. The number of hydrogen-bond donors (Lipinski definition) is 0. The molecule has 0 aliphatic carbocycles. The van der Waals surface area contributed by atoms with Gasteiger partial charge in [-0.25, -0.2) is 8.42 Å². The van der Waals surface area contributed by atoms with Crippen LogP contribution in [0.25, 0.3) is 10.7 Å². The van der Waals surface area contributed by atoms with E-state index in [1.54, 1.807) is 37.3 Å². The summed E-state index contributed by atoms with van der Waals surface area (Å²) < 4.78 is 31.2. The predicted molar refractivity (Wildman–Crippen MR) is 112 cm³/mol. The maximum Gasteiger partial charge on any atom is 0.246 e. The van der Waals surface area contributed by atoms with Crippen LogP contribution in [0.5, 0.6) is 0 Å². The number of anilines is 1. The van der Waals surface area contributed by atoms with Gasteiger partial charge in [0, 0.05) is 6.54 Å². The van der Waals surface area contributed by atoms with Gasteiger partial charge in [-0.2, -0.15) is 4.98 Å². The second-order valence-corrected chi connectivity index (χ2v) is 9.22. The van der Waals surface area contributed by atoms with Crippen LogP contribution >= 0.6 is 11.3 Å². The number of thiophene rings is 1. The molecule has 1 aromatic carbocycles. The molecule has 8 nitrogen and oxygen atoms in total. The smallest absolute Gasteiger partial charge is 0.246 e. The van der Waals surface area contributed by atoms with Crippen LogP contribution < -0.4 is 4.31 Å². The summed E-state index contributed by atoms with van der Waals surface area (Å²) >= 11 is 1.49. The van der Waals surface area contributed by atoms with Crippen molar-refractivity contribution in [2.45, 2.75) is 26.4 Å². The van der Waals surface area contributed by atoms with Crippen LogP contribution in [0.2, 0.25) is 0 Å². The van der Waals surface area contributed by atoms with Gasteiger partial charge in [0.2, 0.25) is 27.6 Å². The van der Waals surface area contributed by atoms with Crippen molar-refractivity contribution in [3.05, 3.63) is 53.7 Å². The largest absolute Gasteiger partial charge is 0.337 e. The molecule has 0 aliphatic rings. The fourth-order valence-electron chi connectivity index (χ4n) is 2.98. The molecule has 0 saturated heterocycles. The van der Waals surface area contributed by atoms with Gasteiger partial charge in [0.25, 0.3) is 0 Å². The van der Waals surface area contributed by atoms with E-state index in [9.17, 15) is 13.2 Å². The fraction of sp³-hybridized carbons (Fsp3) is 0.316. The lowest BCUT2D eigenvalue weighted by molar-refractivity contribution is -0.132. The van der Waals surface area contributed by atoms with Gasteiger partial charge in [0.15, 0.2) is 0 Å². The molecule has 1 unspecified atom stereocenters. The second kappa shape index (κ2) is 8.75. The van der Waals surface area contributed by atoms with E-state index in [0.717, 1.165) is 15.4 Å². The lowest BCUT2D eigenvalue weighted by Gasteiger charge is -2.31. The molecular weight excluding hydrogens is 412 g/mol. The van der Waals surface area contributed by atoms with Crippen molar-refractivity contribution in [3.8, 4) is 10.7 Å². The number of rotatable bonds is 8. The molecule has 0 N–H and O–H groups in total. The van der Waals surface area contributed by atoms with E-state index in [-0.39, 0.29) is 12.5 Å². The molecule has 154 valence electrons. The number of nitrogens with zero attached hydrogens (tertiary/aromatic N) is 4. The van der Waals surface area contributed by atoms with E-state index in [1.807, 2.05) is 24.4 Å². The number of benzene rings is 1. The summed E-state index contributed by atoms with van der Waals surface area (Å²) in [6.45, 7) is 3.86. The van der Waals surface area contributed by atoms with Gasteiger partial charge in [-0.3, -0.25) is 9.10 Å². The molecule has 2 heterocycles. The van der Waals surface area contributed by atoms with Gasteiger partial charge in [0.1, 0.15) is 12.6 Å². The van der Waals surface area contributed by atoms with E-state index in [0.29, 0.717) is 23.9 Å². The first-order chi connectivity index (χ1) is 13.8. The number of aromatic nitrogens is 2. The predicted octanol–water partition coefficient (Wildman–Crippen LogP) is 3.00. The third kappa shape index (κ3) is 4.83. The Morgan fingerprint density at radius 2 is 1.93 bits per heavy atom. The van der Waals surface area contributed by atoms with E-state index in [4.69, 9.17) is 4.52 Å². The van der Waals surface area contributed by atoms with E-state index >= 15 is 0 Å². The molecular formula is C19H22N4O4S2. The van der Waals surface area contributed by atoms with Gasteiger partial charge in [-0.05, 0) is 37.4 Å². The number of sulfonamides is 1. The summed E-state index contributed by atoms with van der Waals surface area (Å²) in [5.41, 5.74) is 0.435. The monoisotopic (exact) mass is 434 g/mol. The van der Waals surface area contributed by atoms with Crippen molar-refractivity contribution >= 4 is 33.0 Å². The van der Waals surface area contributed by atoms with Gasteiger partial charge in [-0.1, -0.05) is 29.4 Å². The molecule has 0 spiro atoms. The molecule has 29 heavy (non-hydrogen) atoms. The molecule has 3 aromatic rings. The first-order valence-electron chi connectivity index (χ1n) is 9.01. The number of carbonyl (C=O) groups excluding carboxylic acids is 1. The second-order valence-electron chi connectivity index (χ2n) is 6.41. The normalized spacial score (nSPS) is 12.5. The molecule has 0 bridgehead atoms. The Hall–Kier alpha value is -2.72. The van der Waals surface area contributed by atoms with E-state index in [1.165, 1.54) is 16.2 Å². The number of likely N-dealkylation sites (N-methyl/N-ethyl adjacent to an activating group) is 1. The van der Waals surface area contributed by atoms with Crippen molar-refractivity contribution in [3.63, 3.8) is 0 Å². The Morgan fingerprint density at radius 1 is 1.21 bits per heavy atom. The summed E-state index contributed by atoms with van der Waals surface area (Å²) in [4.78, 5) is 19.8. The number of amides is 1. The first kappa shape index (κ1) is 21.0. The SMILES string of the molecule is CCN(Cc1nc(-c2cccs2)no1)C(=O)C(C)N(c1ccccc1)S(C)(=O)=O. The Morgan fingerprint density at radius 3 is 2.52 bits per heavy atom. The van der Waals surface area contributed by atoms with Gasteiger partial charge < -0.3 is 9.42 Å². The van der Waals surface area contributed by atoms with Crippen molar-refractivity contribution in [1.29, 1.82) is 0 Å². The Bertz CT molecular complexity index is 1050. The third-order valence-corrected chi connectivity index (χ3v) is 6.41. The van der Waals surface area contributed by atoms with Crippen LogP contribution in [-0.4, -0.2) is 48.2 Å². The van der Waals surface area contributed by atoms with Crippen LogP contribution in [0.1, 0.15) is 19.7 Å². The summed E-state index contributed by atoms with van der Waals surface area (Å²) in [5.74, 6) is 0.410. The van der Waals surface area contributed by atoms with Crippen molar-refractivity contribution in [2.75, 3.05) is 17.1 Å². The zero-order chi connectivity index (χ0) is 21.0. The lowest BCUT2D eigenvalue weighted by Crippen LogP contribution is -2.49. The Labute approximate surface area is 173 Å².